The molecule has 0 aliphatic carbocycles. The van der Waals surface area contributed by atoms with Crippen LogP contribution in [0.3, 0.4) is 0 Å². The van der Waals surface area contributed by atoms with Crippen molar-refractivity contribution in [2.45, 2.75) is 6.42 Å². The Labute approximate surface area is 186 Å². The summed E-state index contributed by atoms with van der Waals surface area (Å²) >= 11 is 3.15. The number of anilines is 2. The van der Waals surface area contributed by atoms with Crippen LogP contribution in [0.2, 0.25) is 0 Å². The zero-order chi connectivity index (χ0) is 22.2. The molecule has 0 spiro atoms. The average molecular weight is 487 g/mol. The van der Waals surface area contributed by atoms with E-state index >= 15 is 0 Å². The minimum atomic E-state index is -0.458. The highest BCUT2D eigenvalue weighted by atomic mass is 79.9. The van der Waals surface area contributed by atoms with E-state index in [1.165, 1.54) is 6.07 Å². The lowest BCUT2D eigenvalue weighted by Crippen LogP contribution is -2.30. The molecule has 3 rings (SSSR count). The van der Waals surface area contributed by atoms with Crippen molar-refractivity contribution in [2.75, 3.05) is 23.7 Å². The van der Waals surface area contributed by atoms with Gasteiger partial charge in [0.1, 0.15) is 5.69 Å². The number of para-hydroxylation sites is 2. The van der Waals surface area contributed by atoms with E-state index in [0.717, 1.165) is 5.56 Å². The molecule has 9 nitrogen and oxygen atoms in total. The third-order valence-corrected chi connectivity index (χ3v) is 4.66. The molecule has 31 heavy (non-hydrogen) atoms. The number of hydrogen-bond donors (Lipinski definition) is 3. The molecule has 3 N–H and O–H groups in total. The second-order valence-corrected chi connectivity index (χ2v) is 7.26. The fraction of sp³-hybridized carbons (Fsp3) is 0.143. The van der Waals surface area contributed by atoms with Gasteiger partial charge in [-0.25, -0.2) is 0 Å². The largest absolute Gasteiger partial charge is 0.444 e. The molecule has 0 aliphatic rings. The first-order chi connectivity index (χ1) is 14.9. The van der Waals surface area contributed by atoms with Crippen LogP contribution in [-0.4, -0.2) is 29.8 Å². The summed E-state index contributed by atoms with van der Waals surface area (Å²) in [6.07, 6.45) is 0.171. The smallest absolute Gasteiger partial charge is 0.292 e. The lowest BCUT2D eigenvalue weighted by molar-refractivity contribution is -0.384. The molecule has 0 radical (unpaired) electrons. The first-order valence-corrected chi connectivity index (χ1v) is 10.1. The molecule has 0 aliphatic heterocycles. The van der Waals surface area contributed by atoms with Gasteiger partial charge in [-0.1, -0.05) is 24.3 Å². The molecule has 2 aromatic carbocycles. The number of nitro groups is 1. The number of halogens is 1. The normalized spacial score (nSPS) is 10.4. The lowest BCUT2D eigenvalue weighted by atomic mass is 10.1. The minimum absolute atomic E-state index is 0.0133. The van der Waals surface area contributed by atoms with E-state index in [0.29, 0.717) is 29.1 Å². The summed E-state index contributed by atoms with van der Waals surface area (Å²) < 4.78 is 5.67. The summed E-state index contributed by atoms with van der Waals surface area (Å²) in [5.74, 6) is -0.367. The molecule has 2 amide bonds. The van der Waals surface area contributed by atoms with Crippen LogP contribution in [0.1, 0.15) is 16.1 Å². The van der Waals surface area contributed by atoms with Crippen LogP contribution in [0.15, 0.2) is 69.8 Å². The number of nitrogens with one attached hydrogen (secondary N) is 3. The Morgan fingerprint density at radius 3 is 2.42 bits per heavy atom. The first kappa shape index (κ1) is 22.0. The van der Waals surface area contributed by atoms with Gasteiger partial charge in [-0.3, -0.25) is 19.7 Å². The van der Waals surface area contributed by atoms with Gasteiger partial charge in [0.15, 0.2) is 10.4 Å². The van der Waals surface area contributed by atoms with Crippen LogP contribution in [0.5, 0.6) is 0 Å². The second-order valence-electron chi connectivity index (χ2n) is 6.48. The molecule has 1 heterocycles. The van der Waals surface area contributed by atoms with Gasteiger partial charge in [-0.2, -0.15) is 0 Å². The molecule has 1 aromatic heterocycles. The Kier molecular flexibility index (Phi) is 7.39. The van der Waals surface area contributed by atoms with Crippen molar-refractivity contribution in [3.8, 4) is 0 Å². The third-order valence-electron chi connectivity index (χ3n) is 4.24. The van der Waals surface area contributed by atoms with E-state index in [1.807, 2.05) is 0 Å². The SMILES string of the molecule is O=C(Cc1ccc(NC(=O)c2ccc(Br)o2)cc1)NCCNc1ccccc1[N+](=O)[O-]. The van der Waals surface area contributed by atoms with Gasteiger partial charge >= 0.3 is 0 Å². The summed E-state index contributed by atoms with van der Waals surface area (Å²) in [6.45, 7) is 0.669. The van der Waals surface area contributed by atoms with Gasteiger partial charge in [-0.15, -0.1) is 0 Å². The van der Waals surface area contributed by atoms with Crippen molar-refractivity contribution in [3.05, 3.63) is 86.8 Å². The van der Waals surface area contributed by atoms with Gasteiger partial charge in [0.05, 0.1) is 11.3 Å². The van der Waals surface area contributed by atoms with Crippen molar-refractivity contribution in [1.82, 2.24) is 5.32 Å². The number of benzene rings is 2. The van der Waals surface area contributed by atoms with E-state index < -0.39 is 4.92 Å². The molecule has 10 heteroatoms. The van der Waals surface area contributed by atoms with Crippen molar-refractivity contribution in [3.63, 3.8) is 0 Å². The first-order valence-electron chi connectivity index (χ1n) is 9.32. The van der Waals surface area contributed by atoms with Crippen molar-refractivity contribution in [1.29, 1.82) is 0 Å². The molecule has 0 unspecified atom stereocenters. The van der Waals surface area contributed by atoms with Crippen molar-refractivity contribution >= 4 is 44.8 Å². The van der Waals surface area contributed by atoms with Gasteiger partial charge in [0.25, 0.3) is 11.6 Å². The molecule has 0 atom stereocenters. The zero-order valence-corrected chi connectivity index (χ0v) is 17.8. The Morgan fingerprint density at radius 2 is 1.74 bits per heavy atom. The van der Waals surface area contributed by atoms with Crippen molar-refractivity contribution < 1.29 is 18.9 Å². The lowest BCUT2D eigenvalue weighted by Gasteiger charge is -2.09. The summed E-state index contributed by atoms with van der Waals surface area (Å²) in [4.78, 5) is 34.7. The fourth-order valence-electron chi connectivity index (χ4n) is 2.76. The summed E-state index contributed by atoms with van der Waals surface area (Å²) in [5, 5.41) is 19.4. The highest BCUT2D eigenvalue weighted by molar-refractivity contribution is 9.10. The maximum atomic E-state index is 12.1. The van der Waals surface area contributed by atoms with E-state index in [9.17, 15) is 19.7 Å². The number of amides is 2. The van der Waals surface area contributed by atoms with E-state index in [4.69, 9.17) is 4.42 Å². The standard InChI is InChI=1S/C21H19BrN4O5/c22-19-10-9-18(31-19)21(28)25-15-7-5-14(6-8-15)13-20(27)24-12-11-23-16-3-1-2-4-17(16)26(29)30/h1-10,23H,11-13H2,(H,24,27)(H,25,28). The van der Waals surface area contributed by atoms with Crippen molar-refractivity contribution in [2.24, 2.45) is 0 Å². The van der Waals surface area contributed by atoms with Crippen LogP contribution in [-0.2, 0) is 11.2 Å². The average Bonchev–Trinajstić information content (AvgIpc) is 3.19. The minimum Gasteiger partial charge on any atom is -0.444 e. The molecular weight excluding hydrogens is 468 g/mol. The van der Waals surface area contributed by atoms with Crippen LogP contribution < -0.4 is 16.0 Å². The van der Waals surface area contributed by atoms with Crippen LogP contribution in [0, 0.1) is 10.1 Å². The van der Waals surface area contributed by atoms with Gasteiger partial charge < -0.3 is 20.4 Å². The number of hydrogen-bond acceptors (Lipinski definition) is 6. The molecule has 0 saturated carbocycles. The zero-order valence-electron chi connectivity index (χ0n) is 16.3. The number of carbonyl (C=O) groups excluding carboxylic acids is 2. The van der Waals surface area contributed by atoms with Crippen LogP contribution in [0.4, 0.5) is 17.1 Å². The molecule has 0 fully saturated rings. The molecule has 3 aromatic rings. The quantitative estimate of drug-likeness (QED) is 0.238. The monoisotopic (exact) mass is 486 g/mol. The Bertz CT molecular complexity index is 1080. The van der Waals surface area contributed by atoms with E-state index in [-0.39, 0.29) is 29.7 Å². The third kappa shape index (κ3) is 6.41. The van der Waals surface area contributed by atoms with E-state index in [2.05, 4.69) is 31.9 Å². The summed E-state index contributed by atoms with van der Waals surface area (Å²) in [6, 6.07) is 16.4. The Hall–Kier alpha value is -3.66. The highest BCUT2D eigenvalue weighted by Gasteiger charge is 2.12. The number of nitrogens with zero attached hydrogens (tertiary/aromatic N) is 1. The number of carbonyl (C=O) groups is 2. The van der Waals surface area contributed by atoms with Crippen LogP contribution in [0.25, 0.3) is 0 Å². The Balaban J connectivity index is 1.42. The fourth-order valence-corrected chi connectivity index (χ4v) is 3.07. The summed E-state index contributed by atoms with van der Waals surface area (Å²) in [5.41, 5.74) is 1.75. The predicted octanol–water partition coefficient (Wildman–Crippen LogP) is 3.97. The number of nitro benzene ring substituents is 1. The molecular formula is C21H19BrN4O5. The molecule has 0 saturated heterocycles. The van der Waals surface area contributed by atoms with Crippen LogP contribution >= 0.6 is 15.9 Å². The van der Waals surface area contributed by atoms with Gasteiger partial charge in [0, 0.05) is 24.8 Å². The molecule has 160 valence electrons. The predicted molar refractivity (Wildman–Crippen MR) is 119 cm³/mol. The second kappa shape index (κ2) is 10.4. The maximum Gasteiger partial charge on any atom is 0.292 e. The highest BCUT2D eigenvalue weighted by Crippen LogP contribution is 2.22. The maximum absolute atomic E-state index is 12.1. The Morgan fingerprint density at radius 1 is 1.00 bits per heavy atom. The number of rotatable bonds is 9. The van der Waals surface area contributed by atoms with Gasteiger partial charge in [-0.05, 0) is 51.8 Å². The van der Waals surface area contributed by atoms with E-state index in [1.54, 1.807) is 54.6 Å². The van der Waals surface area contributed by atoms with Gasteiger partial charge in [0.2, 0.25) is 5.91 Å². The molecule has 0 bridgehead atoms. The topological polar surface area (TPSA) is 127 Å². The number of furan rings is 1. The summed E-state index contributed by atoms with van der Waals surface area (Å²) in [7, 11) is 0.